The summed E-state index contributed by atoms with van der Waals surface area (Å²) in [6.45, 7) is 1.93. The Hall–Kier alpha value is -1.89. The molecule has 0 aliphatic carbocycles. The number of benzene rings is 1. The van der Waals surface area contributed by atoms with Gasteiger partial charge in [0.15, 0.2) is 0 Å². The molecule has 0 radical (unpaired) electrons. The van der Waals surface area contributed by atoms with E-state index in [4.69, 9.17) is 9.84 Å². The summed E-state index contributed by atoms with van der Waals surface area (Å²) in [4.78, 5) is 10.9. The smallest absolute Gasteiger partial charge is 0.336 e. The van der Waals surface area contributed by atoms with Gasteiger partial charge in [-0.25, -0.2) is 9.42 Å². The molecule has 1 aromatic heterocycles. The summed E-state index contributed by atoms with van der Waals surface area (Å²) in [5, 5.41) is 16.3. The predicted molar refractivity (Wildman–Crippen MR) is 64.5 cm³/mol. The highest BCUT2D eigenvalue weighted by molar-refractivity contribution is 9.10. The average Bonchev–Trinajstić information content (AvgIpc) is 2.73. The van der Waals surface area contributed by atoms with Crippen LogP contribution in [0.1, 0.15) is 21.7 Å². The van der Waals surface area contributed by atoms with E-state index in [2.05, 4.69) is 30.9 Å². The highest BCUT2D eigenvalue weighted by Crippen LogP contribution is 2.23. The van der Waals surface area contributed by atoms with Crippen LogP contribution in [0.5, 0.6) is 5.75 Å². The van der Waals surface area contributed by atoms with E-state index in [0.29, 0.717) is 21.6 Å². The van der Waals surface area contributed by atoms with E-state index in [0.717, 1.165) is 0 Å². The number of ether oxygens (including phenoxy) is 1. The summed E-state index contributed by atoms with van der Waals surface area (Å²) in [7, 11) is 0. The number of hydrogen-bond donors (Lipinski definition) is 1. The zero-order chi connectivity index (χ0) is 13.1. The van der Waals surface area contributed by atoms with Gasteiger partial charge >= 0.3 is 5.97 Å². The molecule has 0 fully saturated rings. The molecular formula is C11H9BrN2O4. The van der Waals surface area contributed by atoms with Crippen molar-refractivity contribution in [2.24, 2.45) is 0 Å². The Bertz CT molecular complexity index is 582. The van der Waals surface area contributed by atoms with Crippen molar-refractivity contribution in [1.29, 1.82) is 0 Å². The van der Waals surface area contributed by atoms with Crippen LogP contribution in [0.15, 0.2) is 27.3 Å². The first kappa shape index (κ1) is 12.6. The maximum atomic E-state index is 10.9. The number of carbonyl (C=O) groups is 1. The van der Waals surface area contributed by atoms with E-state index >= 15 is 0 Å². The Balaban J connectivity index is 2.13. The zero-order valence-corrected chi connectivity index (χ0v) is 11.0. The SMILES string of the molecule is Cc1nonc1COc1ccc(Br)c(C(=O)O)c1. The minimum Gasteiger partial charge on any atom is -0.487 e. The normalized spacial score (nSPS) is 10.3. The number of carboxylic acid groups (broad SMARTS) is 1. The van der Waals surface area contributed by atoms with E-state index in [-0.39, 0.29) is 12.2 Å². The third kappa shape index (κ3) is 2.67. The summed E-state index contributed by atoms with van der Waals surface area (Å²) in [5.41, 5.74) is 1.36. The van der Waals surface area contributed by atoms with E-state index in [1.54, 1.807) is 19.1 Å². The molecule has 0 atom stereocenters. The zero-order valence-electron chi connectivity index (χ0n) is 9.38. The first-order valence-corrected chi connectivity index (χ1v) is 5.81. The van der Waals surface area contributed by atoms with Crippen molar-refractivity contribution in [3.05, 3.63) is 39.6 Å². The Morgan fingerprint density at radius 1 is 1.50 bits per heavy atom. The fraction of sp³-hybridized carbons (Fsp3) is 0.182. The summed E-state index contributed by atoms with van der Waals surface area (Å²) in [5.74, 6) is -0.579. The fourth-order valence-corrected chi connectivity index (χ4v) is 1.71. The Morgan fingerprint density at radius 2 is 2.28 bits per heavy atom. The van der Waals surface area contributed by atoms with Gasteiger partial charge in [-0.1, -0.05) is 10.3 Å². The Kier molecular flexibility index (Phi) is 3.61. The minimum absolute atomic E-state index is 0.141. The topological polar surface area (TPSA) is 85.5 Å². The van der Waals surface area contributed by atoms with Crippen molar-refractivity contribution < 1.29 is 19.3 Å². The van der Waals surface area contributed by atoms with E-state index in [1.807, 2.05) is 0 Å². The van der Waals surface area contributed by atoms with Crippen LogP contribution in [0.3, 0.4) is 0 Å². The summed E-state index contributed by atoms with van der Waals surface area (Å²) >= 11 is 3.16. The van der Waals surface area contributed by atoms with Crippen molar-refractivity contribution in [2.45, 2.75) is 13.5 Å². The Labute approximate surface area is 111 Å². The molecule has 2 rings (SSSR count). The minimum atomic E-state index is -1.02. The monoisotopic (exact) mass is 312 g/mol. The molecule has 1 N–H and O–H groups in total. The highest BCUT2D eigenvalue weighted by Gasteiger charge is 2.11. The van der Waals surface area contributed by atoms with Crippen molar-refractivity contribution in [2.75, 3.05) is 0 Å². The fourth-order valence-electron chi connectivity index (χ4n) is 1.29. The molecule has 2 aromatic rings. The summed E-state index contributed by atoms with van der Waals surface area (Å²) in [6, 6.07) is 4.72. The summed E-state index contributed by atoms with van der Waals surface area (Å²) < 4.78 is 10.5. The quantitative estimate of drug-likeness (QED) is 0.933. The lowest BCUT2D eigenvalue weighted by Gasteiger charge is -2.06. The standard InChI is InChI=1S/C11H9BrN2O4/c1-6-10(14-18-13-6)5-17-7-2-3-9(12)8(4-7)11(15)16/h2-4H,5H2,1H3,(H,15,16). The van der Waals surface area contributed by atoms with Crippen molar-refractivity contribution in [3.63, 3.8) is 0 Å². The second-order valence-corrected chi connectivity index (χ2v) is 4.39. The number of aromatic carboxylic acids is 1. The van der Waals surface area contributed by atoms with Crippen molar-refractivity contribution >= 4 is 21.9 Å². The van der Waals surface area contributed by atoms with Crippen molar-refractivity contribution in [1.82, 2.24) is 10.3 Å². The third-order valence-corrected chi connectivity index (χ3v) is 2.98. The van der Waals surface area contributed by atoms with Crippen LogP contribution in [0, 0.1) is 6.92 Å². The molecule has 0 spiro atoms. The van der Waals surface area contributed by atoms with Crippen LogP contribution >= 0.6 is 15.9 Å². The largest absolute Gasteiger partial charge is 0.487 e. The number of aromatic nitrogens is 2. The molecule has 0 saturated heterocycles. The van der Waals surface area contributed by atoms with Crippen LogP contribution in [0.25, 0.3) is 0 Å². The van der Waals surface area contributed by atoms with Crippen LogP contribution in [-0.4, -0.2) is 21.4 Å². The van der Waals surface area contributed by atoms with Gasteiger partial charge in [0.05, 0.1) is 5.56 Å². The molecular weight excluding hydrogens is 304 g/mol. The van der Waals surface area contributed by atoms with Gasteiger partial charge in [-0.15, -0.1) is 0 Å². The molecule has 7 heteroatoms. The summed E-state index contributed by atoms with van der Waals surface area (Å²) in [6.07, 6.45) is 0. The molecule has 0 amide bonds. The van der Waals surface area contributed by atoms with Gasteiger partial charge in [-0.3, -0.25) is 0 Å². The van der Waals surface area contributed by atoms with Crippen molar-refractivity contribution in [3.8, 4) is 5.75 Å². The molecule has 94 valence electrons. The molecule has 1 heterocycles. The average molecular weight is 313 g/mol. The predicted octanol–water partition coefficient (Wildman–Crippen LogP) is 2.42. The Morgan fingerprint density at radius 3 is 2.89 bits per heavy atom. The molecule has 0 aliphatic rings. The van der Waals surface area contributed by atoms with E-state index in [1.165, 1.54) is 6.07 Å². The first-order chi connectivity index (χ1) is 8.58. The molecule has 0 unspecified atom stereocenters. The van der Waals surface area contributed by atoms with Gasteiger partial charge in [0.1, 0.15) is 23.7 Å². The van der Waals surface area contributed by atoms with Crippen LogP contribution in [0.4, 0.5) is 0 Å². The van der Waals surface area contributed by atoms with Gasteiger partial charge in [0, 0.05) is 4.47 Å². The first-order valence-electron chi connectivity index (χ1n) is 5.01. The third-order valence-electron chi connectivity index (χ3n) is 2.29. The highest BCUT2D eigenvalue weighted by atomic mass is 79.9. The number of halogens is 1. The number of rotatable bonds is 4. The number of carboxylic acids is 1. The maximum Gasteiger partial charge on any atom is 0.336 e. The van der Waals surface area contributed by atoms with E-state index in [9.17, 15) is 4.79 Å². The molecule has 6 nitrogen and oxygen atoms in total. The van der Waals surface area contributed by atoms with Gasteiger partial charge in [-0.05, 0) is 41.1 Å². The molecule has 0 bridgehead atoms. The lowest BCUT2D eigenvalue weighted by atomic mass is 10.2. The number of aryl methyl sites for hydroxylation is 1. The van der Waals surface area contributed by atoms with Crippen LogP contribution in [0.2, 0.25) is 0 Å². The molecule has 0 aliphatic heterocycles. The van der Waals surface area contributed by atoms with Gasteiger partial charge in [0.25, 0.3) is 0 Å². The molecule has 0 saturated carbocycles. The number of hydrogen-bond acceptors (Lipinski definition) is 5. The van der Waals surface area contributed by atoms with Crippen LogP contribution < -0.4 is 4.74 Å². The van der Waals surface area contributed by atoms with E-state index < -0.39 is 5.97 Å². The van der Waals surface area contributed by atoms with Gasteiger partial charge in [-0.2, -0.15) is 0 Å². The number of nitrogens with zero attached hydrogens (tertiary/aromatic N) is 2. The molecule has 18 heavy (non-hydrogen) atoms. The van der Waals surface area contributed by atoms with Gasteiger partial charge in [0.2, 0.25) is 0 Å². The van der Waals surface area contributed by atoms with Crippen LogP contribution in [-0.2, 0) is 6.61 Å². The lowest BCUT2D eigenvalue weighted by Crippen LogP contribution is -2.01. The second kappa shape index (κ2) is 5.18. The molecule has 1 aromatic carbocycles. The second-order valence-electron chi connectivity index (χ2n) is 3.53. The van der Waals surface area contributed by atoms with Gasteiger partial charge < -0.3 is 9.84 Å². The lowest BCUT2D eigenvalue weighted by molar-refractivity contribution is 0.0695. The maximum absolute atomic E-state index is 10.9.